The highest BCUT2D eigenvalue weighted by Gasteiger charge is 2.35. The number of carbonyl (C=O) groups excluding carboxylic acids is 1. The fourth-order valence-electron chi connectivity index (χ4n) is 4.53. The molecule has 0 aliphatic carbocycles. The fourth-order valence-corrected chi connectivity index (χ4v) is 6.25. The molecular formula is C26H37N3O4S. The molecule has 1 aliphatic rings. The maximum Gasteiger partial charge on any atom is 0.248 e. The predicted octanol–water partition coefficient (Wildman–Crippen LogP) is 4.64. The predicted molar refractivity (Wildman–Crippen MR) is 135 cm³/mol. The lowest BCUT2D eigenvalue weighted by molar-refractivity contribution is -0.126. The highest BCUT2D eigenvalue weighted by Crippen LogP contribution is 2.30. The first kappa shape index (κ1) is 26.2. The van der Waals surface area contributed by atoms with Gasteiger partial charge in [-0.05, 0) is 75.6 Å². The molecule has 0 saturated carbocycles. The van der Waals surface area contributed by atoms with E-state index in [-0.39, 0.29) is 22.5 Å². The van der Waals surface area contributed by atoms with Crippen molar-refractivity contribution in [3.63, 3.8) is 0 Å². The SMILES string of the molecule is Cc1cc(C)c(C=Cc2onc(C)c2S(=O)(=O)N2CCC(C(=O)NCCC(C)C)CC2)c(C)c1. The molecule has 1 aromatic carbocycles. The van der Waals surface area contributed by atoms with E-state index in [4.69, 9.17) is 4.52 Å². The second kappa shape index (κ2) is 10.9. The van der Waals surface area contributed by atoms with Crippen LogP contribution in [0.3, 0.4) is 0 Å². The van der Waals surface area contributed by atoms with Gasteiger partial charge in [-0.15, -0.1) is 0 Å². The number of hydrogen-bond acceptors (Lipinski definition) is 5. The lowest BCUT2D eigenvalue weighted by Gasteiger charge is -2.30. The van der Waals surface area contributed by atoms with E-state index in [9.17, 15) is 13.2 Å². The highest BCUT2D eigenvalue weighted by atomic mass is 32.2. The third kappa shape index (κ3) is 5.96. The summed E-state index contributed by atoms with van der Waals surface area (Å²) >= 11 is 0. The number of aryl methyl sites for hydroxylation is 4. The minimum Gasteiger partial charge on any atom is -0.356 e. The van der Waals surface area contributed by atoms with Gasteiger partial charge in [-0.25, -0.2) is 8.42 Å². The molecule has 1 aromatic heterocycles. The van der Waals surface area contributed by atoms with Crippen LogP contribution in [0.2, 0.25) is 0 Å². The summed E-state index contributed by atoms with van der Waals surface area (Å²) in [4.78, 5) is 12.6. The molecule has 8 heteroatoms. The molecule has 2 heterocycles. The summed E-state index contributed by atoms with van der Waals surface area (Å²) in [5, 5.41) is 6.93. The summed E-state index contributed by atoms with van der Waals surface area (Å²) in [7, 11) is -3.79. The molecule has 0 atom stereocenters. The third-order valence-electron chi connectivity index (χ3n) is 6.42. The molecule has 0 spiro atoms. The van der Waals surface area contributed by atoms with Crippen molar-refractivity contribution < 1.29 is 17.7 Å². The number of amides is 1. The van der Waals surface area contributed by atoms with E-state index >= 15 is 0 Å². The van der Waals surface area contributed by atoms with Crippen LogP contribution >= 0.6 is 0 Å². The Labute approximate surface area is 203 Å². The monoisotopic (exact) mass is 487 g/mol. The average Bonchev–Trinajstić information content (AvgIpc) is 3.13. The van der Waals surface area contributed by atoms with E-state index < -0.39 is 10.0 Å². The number of hydrogen-bond donors (Lipinski definition) is 1. The van der Waals surface area contributed by atoms with Crippen molar-refractivity contribution in [1.82, 2.24) is 14.8 Å². The Kier molecular flexibility index (Phi) is 8.36. The van der Waals surface area contributed by atoms with E-state index in [1.165, 1.54) is 9.87 Å². The second-order valence-electron chi connectivity index (χ2n) is 9.76. The van der Waals surface area contributed by atoms with Gasteiger partial charge in [-0.3, -0.25) is 4.79 Å². The van der Waals surface area contributed by atoms with Crippen LogP contribution in [-0.2, 0) is 14.8 Å². The van der Waals surface area contributed by atoms with Crippen LogP contribution in [0.25, 0.3) is 12.2 Å². The van der Waals surface area contributed by atoms with E-state index in [1.54, 1.807) is 13.0 Å². The zero-order chi connectivity index (χ0) is 25.0. The van der Waals surface area contributed by atoms with Crippen LogP contribution in [0.4, 0.5) is 0 Å². The molecule has 0 radical (unpaired) electrons. The van der Waals surface area contributed by atoms with Gasteiger partial charge in [0.25, 0.3) is 0 Å². The van der Waals surface area contributed by atoms with Crippen molar-refractivity contribution in [3.05, 3.63) is 45.8 Å². The number of benzene rings is 1. The number of piperidine rings is 1. The maximum atomic E-state index is 13.5. The summed E-state index contributed by atoms with van der Waals surface area (Å²) in [5.41, 5.74) is 4.78. The lowest BCUT2D eigenvalue weighted by Crippen LogP contribution is -2.43. The highest BCUT2D eigenvalue weighted by molar-refractivity contribution is 7.89. The molecule has 1 saturated heterocycles. The van der Waals surface area contributed by atoms with Crippen molar-refractivity contribution in [3.8, 4) is 0 Å². The maximum absolute atomic E-state index is 13.5. The van der Waals surface area contributed by atoms with Gasteiger partial charge >= 0.3 is 0 Å². The van der Waals surface area contributed by atoms with Crippen LogP contribution in [0.5, 0.6) is 0 Å². The van der Waals surface area contributed by atoms with Crippen LogP contribution in [0.15, 0.2) is 21.6 Å². The summed E-state index contributed by atoms with van der Waals surface area (Å²) in [6.07, 6.45) is 5.51. The number of rotatable bonds is 8. The molecule has 3 rings (SSSR count). The van der Waals surface area contributed by atoms with Gasteiger partial charge in [-0.2, -0.15) is 4.31 Å². The van der Waals surface area contributed by atoms with Crippen molar-refractivity contribution in [2.45, 2.75) is 65.7 Å². The molecule has 34 heavy (non-hydrogen) atoms. The van der Waals surface area contributed by atoms with E-state index in [2.05, 4.69) is 43.4 Å². The normalized spacial score (nSPS) is 16.0. The number of nitrogens with one attached hydrogen (secondary N) is 1. The van der Waals surface area contributed by atoms with E-state index in [1.807, 2.05) is 19.9 Å². The minimum atomic E-state index is -3.79. The minimum absolute atomic E-state index is 0.0197. The Bertz CT molecular complexity index is 1130. The first-order chi connectivity index (χ1) is 16.0. The molecule has 0 unspecified atom stereocenters. The van der Waals surface area contributed by atoms with Crippen molar-refractivity contribution in [1.29, 1.82) is 0 Å². The third-order valence-corrected chi connectivity index (χ3v) is 8.47. The lowest BCUT2D eigenvalue weighted by atomic mass is 9.97. The van der Waals surface area contributed by atoms with Gasteiger partial charge < -0.3 is 9.84 Å². The molecular weight excluding hydrogens is 450 g/mol. The van der Waals surface area contributed by atoms with E-state index in [0.717, 1.165) is 23.1 Å². The Hall–Kier alpha value is -2.45. The molecule has 1 fully saturated rings. The van der Waals surface area contributed by atoms with Crippen molar-refractivity contribution >= 4 is 28.1 Å². The standard InChI is InChI=1S/C26H37N3O4S/c1-17(2)9-12-27-26(30)22-10-13-29(14-11-22)34(31,32)25-21(6)28-33-24(25)8-7-23-19(4)15-18(3)16-20(23)5/h7-8,15-17,22H,9-14H2,1-6H3,(H,27,30). The quantitative estimate of drug-likeness (QED) is 0.585. The van der Waals surface area contributed by atoms with Crippen molar-refractivity contribution in [2.75, 3.05) is 19.6 Å². The molecule has 2 aromatic rings. The Morgan fingerprint density at radius 1 is 1.15 bits per heavy atom. The number of nitrogens with zero attached hydrogens (tertiary/aromatic N) is 2. The first-order valence-corrected chi connectivity index (χ1v) is 13.4. The first-order valence-electron chi connectivity index (χ1n) is 12.0. The van der Waals surface area contributed by atoms with Crippen LogP contribution in [-0.4, -0.2) is 43.4 Å². The molecule has 186 valence electrons. The molecule has 1 aliphatic heterocycles. The number of sulfonamides is 1. The summed E-state index contributed by atoms with van der Waals surface area (Å²) < 4.78 is 33.9. The largest absolute Gasteiger partial charge is 0.356 e. The zero-order valence-corrected chi connectivity index (χ0v) is 22.0. The topological polar surface area (TPSA) is 92.5 Å². The van der Waals surface area contributed by atoms with Gasteiger partial charge in [-0.1, -0.05) is 42.8 Å². The summed E-state index contributed by atoms with van der Waals surface area (Å²) in [6.45, 7) is 13.3. The average molecular weight is 488 g/mol. The second-order valence-corrected chi connectivity index (χ2v) is 11.6. The zero-order valence-electron chi connectivity index (χ0n) is 21.1. The molecule has 7 nitrogen and oxygen atoms in total. The molecule has 0 bridgehead atoms. The Balaban J connectivity index is 1.74. The molecule has 1 amide bonds. The number of aromatic nitrogens is 1. The van der Waals surface area contributed by atoms with E-state index in [0.29, 0.717) is 44.1 Å². The summed E-state index contributed by atoms with van der Waals surface area (Å²) in [6, 6.07) is 4.19. The Morgan fingerprint density at radius 3 is 2.35 bits per heavy atom. The van der Waals surface area contributed by atoms with Crippen molar-refractivity contribution in [2.24, 2.45) is 11.8 Å². The Morgan fingerprint density at radius 2 is 1.76 bits per heavy atom. The van der Waals surface area contributed by atoms with Crippen LogP contribution in [0.1, 0.15) is 66.8 Å². The van der Waals surface area contributed by atoms with Gasteiger partial charge in [0.05, 0.1) is 0 Å². The van der Waals surface area contributed by atoms with Gasteiger partial charge in [0.2, 0.25) is 15.9 Å². The van der Waals surface area contributed by atoms with Crippen LogP contribution in [0, 0.1) is 39.5 Å². The fraction of sp³-hybridized carbons (Fsp3) is 0.538. The van der Waals surface area contributed by atoms with Gasteiger partial charge in [0, 0.05) is 25.6 Å². The van der Waals surface area contributed by atoms with Gasteiger partial charge in [0.1, 0.15) is 5.69 Å². The van der Waals surface area contributed by atoms with Gasteiger partial charge in [0.15, 0.2) is 10.7 Å². The van der Waals surface area contributed by atoms with Crippen LogP contribution < -0.4 is 5.32 Å². The molecule has 1 N–H and O–H groups in total. The smallest absolute Gasteiger partial charge is 0.248 e. The number of carbonyl (C=O) groups is 1. The summed E-state index contributed by atoms with van der Waals surface area (Å²) in [5.74, 6) is 0.618.